The summed E-state index contributed by atoms with van der Waals surface area (Å²) in [6.45, 7) is 0. The molecule has 0 bridgehead atoms. The third-order valence-electron chi connectivity index (χ3n) is 2.28. The zero-order valence-electron chi connectivity index (χ0n) is 10.5. The maximum atomic E-state index is 10.9. The molecule has 0 aliphatic heterocycles. The number of aromatic amines is 1. The molecule has 1 aromatic carbocycles. The minimum Gasteiger partial charge on any atom is -0.497 e. The van der Waals surface area contributed by atoms with Gasteiger partial charge in [0, 0.05) is 6.07 Å². The van der Waals surface area contributed by atoms with Gasteiger partial charge in [0.2, 0.25) is 0 Å². The smallest absolute Gasteiger partial charge is 0.497 e. The van der Waals surface area contributed by atoms with Gasteiger partial charge in [-0.1, -0.05) is 23.9 Å². The molecule has 88 valence electrons. The average Bonchev–Trinajstić information content (AvgIpc) is 2.39. The molecule has 0 radical (unpaired) electrons. The first-order valence-electron chi connectivity index (χ1n) is 4.94. The fourth-order valence-electron chi connectivity index (χ4n) is 1.42. The van der Waals surface area contributed by atoms with Gasteiger partial charge in [-0.3, -0.25) is 0 Å². The van der Waals surface area contributed by atoms with Crippen molar-refractivity contribution in [2.45, 2.75) is 0 Å². The SMILES string of the molecule is COc1cc(OC)cc(-c2[c-]nc(=O)[nH]c2)c1.[Rb+]. The van der Waals surface area contributed by atoms with Crippen LogP contribution in [-0.4, -0.2) is 24.2 Å². The van der Waals surface area contributed by atoms with Gasteiger partial charge in [-0.15, -0.1) is 5.56 Å². The van der Waals surface area contributed by atoms with Gasteiger partial charge in [0.25, 0.3) is 5.69 Å². The van der Waals surface area contributed by atoms with Gasteiger partial charge >= 0.3 is 58.2 Å². The van der Waals surface area contributed by atoms with Crippen molar-refractivity contribution < 1.29 is 67.7 Å². The fourth-order valence-corrected chi connectivity index (χ4v) is 1.42. The van der Waals surface area contributed by atoms with Gasteiger partial charge in [0.05, 0.1) is 14.2 Å². The summed E-state index contributed by atoms with van der Waals surface area (Å²) in [5.74, 6) is 1.33. The molecule has 0 aliphatic carbocycles. The molecule has 0 aliphatic rings. The number of hydrogen-bond acceptors (Lipinski definition) is 4. The standard InChI is InChI=1S/C12H11N2O3.Rb/c1-16-10-3-8(4-11(5-10)17-2)9-6-13-12(15)14-7-9;/h3-6H,1-2H3,(H,13,14,15);/q-1;+1. The Hall–Kier alpha value is -0.495. The molecule has 0 saturated carbocycles. The molecule has 2 aromatic rings. The third kappa shape index (κ3) is 3.75. The normalized spacial score (nSPS) is 9.44. The van der Waals surface area contributed by atoms with Crippen LogP contribution in [-0.2, 0) is 0 Å². The average molecular weight is 317 g/mol. The number of hydrogen-bond donors (Lipinski definition) is 1. The largest absolute Gasteiger partial charge is 1.00 e. The van der Waals surface area contributed by atoms with E-state index >= 15 is 0 Å². The second-order valence-electron chi connectivity index (χ2n) is 3.33. The fraction of sp³-hybridized carbons (Fsp3) is 0.167. The molecule has 1 heterocycles. The molecule has 18 heavy (non-hydrogen) atoms. The molecular formula is C12H11N2O3Rb. The van der Waals surface area contributed by atoms with Crippen molar-refractivity contribution in [3.63, 3.8) is 0 Å². The maximum Gasteiger partial charge on any atom is 1.00 e. The Kier molecular flexibility index (Phi) is 6.21. The van der Waals surface area contributed by atoms with E-state index in [0.29, 0.717) is 17.1 Å². The molecule has 5 nitrogen and oxygen atoms in total. The summed E-state index contributed by atoms with van der Waals surface area (Å²) in [6.07, 6.45) is 4.20. The van der Waals surface area contributed by atoms with E-state index in [-0.39, 0.29) is 58.2 Å². The van der Waals surface area contributed by atoms with Gasteiger partial charge in [-0.25, -0.2) is 0 Å². The van der Waals surface area contributed by atoms with Crippen LogP contribution in [0.1, 0.15) is 0 Å². The Morgan fingerprint density at radius 2 is 1.78 bits per heavy atom. The van der Waals surface area contributed by atoms with Crippen molar-refractivity contribution in [2.75, 3.05) is 14.2 Å². The van der Waals surface area contributed by atoms with Crippen molar-refractivity contribution >= 4 is 0 Å². The van der Waals surface area contributed by atoms with Crippen LogP contribution in [0.4, 0.5) is 0 Å². The summed E-state index contributed by atoms with van der Waals surface area (Å²) in [5.41, 5.74) is 1.05. The van der Waals surface area contributed by atoms with Crippen molar-refractivity contribution in [3.8, 4) is 22.6 Å². The monoisotopic (exact) mass is 316 g/mol. The Morgan fingerprint density at radius 3 is 2.22 bits per heavy atom. The Balaban J connectivity index is 0.00000162. The Bertz CT molecular complexity index is 541. The zero-order valence-corrected chi connectivity index (χ0v) is 15.4. The molecule has 0 fully saturated rings. The topological polar surface area (TPSA) is 64.2 Å². The van der Waals surface area contributed by atoms with E-state index < -0.39 is 5.69 Å². The number of H-pyrrole nitrogens is 1. The zero-order chi connectivity index (χ0) is 12.3. The van der Waals surface area contributed by atoms with E-state index in [4.69, 9.17) is 9.47 Å². The van der Waals surface area contributed by atoms with Gasteiger partial charge < -0.3 is 24.2 Å². The number of methoxy groups -OCH3 is 2. The molecule has 0 unspecified atom stereocenters. The van der Waals surface area contributed by atoms with Crippen LogP contribution in [0.15, 0.2) is 29.2 Å². The number of benzene rings is 1. The number of nitrogens with zero attached hydrogens (tertiary/aromatic N) is 1. The molecular weight excluding hydrogens is 306 g/mol. The predicted molar refractivity (Wildman–Crippen MR) is 62.2 cm³/mol. The Morgan fingerprint density at radius 1 is 1.17 bits per heavy atom. The minimum atomic E-state index is -0.427. The summed E-state index contributed by atoms with van der Waals surface area (Å²) in [4.78, 5) is 16.9. The number of nitrogens with one attached hydrogen (secondary N) is 1. The van der Waals surface area contributed by atoms with Crippen LogP contribution in [0, 0.1) is 6.20 Å². The number of rotatable bonds is 3. The third-order valence-corrected chi connectivity index (χ3v) is 2.28. The second kappa shape index (κ2) is 7.18. The predicted octanol–water partition coefficient (Wildman–Crippen LogP) is -1.74. The first-order chi connectivity index (χ1) is 8.22. The summed E-state index contributed by atoms with van der Waals surface area (Å²) in [6, 6.07) is 5.39. The molecule has 6 heteroatoms. The van der Waals surface area contributed by atoms with E-state index in [2.05, 4.69) is 16.2 Å². The van der Waals surface area contributed by atoms with Crippen LogP contribution in [0.25, 0.3) is 11.1 Å². The van der Waals surface area contributed by atoms with E-state index in [1.165, 1.54) is 0 Å². The first-order valence-corrected chi connectivity index (χ1v) is 4.94. The quantitative estimate of drug-likeness (QED) is 0.683. The molecule has 0 amide bonds. The van der Waals surface area contributed by atoms with Crippen LogP contribution in [0.3, 0.4) is 0 Å². The number of ether oxygens (including phenoxy) is 2. The Labute approximate surface area is 153 Å². The summed E-state index contributed by atoms with van der Waals surface area (Å²) in [7, 11) is 3.15. The minimum absolute atomic E-state index is 0. The van der Waals surface area contributed by atoms with Gasteiger partial charge in [0.1, 0.15) is 11.5 Å². The van der Waals surface area contributed by atoms with Crippen molar-refractivity contribution in [1.29, 1.82) is 0 Å². The van der Waals surface area contributed by atoms with Crippen LogP contribution >= 0.6 is 0 Å². The maximum absolute atomic E-state index is 10.9. The molecule has 0 spiro atoms. The summed E-state index contributed by atoms with van der Waals surface area (Å²) >= 11 is 0. The molecule has 0 saturated heterocycles. The van der Waals surface area contributed by atoms with Crippen LogP contribution in [0.2, 0.25) is 0 Å². The number of aromatic nitrogens is 2. The van der Waals surface area contributed by atoms with Crippen LogP contribution < -0.4 is 73.4 Å². The summed E-state index contributed by atoms with van der Waals surface area (Å²) < 4.78 is 10.3. The second-order valence-corrected chi connectivity index (χ2v) is 3.33. The molecule has 1 aromatic heterocycles. The van der Waals surface area contributed by atoms with Crippen molar-refractivity contribution in [3.05, 3.63) is 41.1 Å². The van der Waals surface area contributed by atoms with Crippen molar-refractivity contribution in [2.24, 2.45) is 0 Å². The van der Waals surface area contributed by atoms with E-state index in [9.17, 15) is 4.79 Å². The molecule has 1 N–H and O–H groups in total. The van der Waals surface area contributed by atoms with Crippen LogP contribution in [0.5, 0.6) is 11.5 Å². The van der Waals surface area contributed by atoms with E-state index in [1.807, 2.05) is 12.1 Å². The van der Waals surface area contributed by atoms with E-state index in [1.54, 1.807) is 26.5 Å². The van der Waals surface area contributed by atoms with Gasteiger partial charge in [-0.05, 0) is 6.20 Å². The van der Waals surface area contributed by atoms with Crippen molar-refractivity contribution in [1.82, 2.24) is 9.97 Å². The molecule has 0 atom stereocenters. The first kappa shape index (κ1) is 15.6. The van der Waals surface area contributed by atoms with E-state index in [0.717, 1.165) is 5.56 Å². The summed E-state index contributed by atoms with van der Waals surface area (Å²) in [5, 5.41) is 0. The van der Waals surface area contributed by atoms with Gasteiger partial charge in [-0.2, -0.15) is 0 Å². The molecule has 2 rings (SSSR count). The van der Waals surface area contributed by atoms with Gasteiger partial charge in [0.15, 0.2) is 0 Å².